The summed E-state index contributed by atoms with van der Waals surface area (Å²) in [5.41, 5.74) is 1.11. The molecule has 2 fully saturated rings. The van der Waals surface area contributed by atoms with E-state index in [0.717, 1.165) is 44.6 Å². The monoisotopic (exact) mass is 339 g/mol. The highest BCUT2D eigenvalue weighted by atomic mass is 32.2. The van der Waals surface area contributed by atoms with Crippen molar-refractivity contribution in [3.8, 4) is 0 Å². The van der Waals surface area contributed by atoms with Crippen LogP contribution in [0.3, 0.4) is 0 Å². The molecule has 3 rings (SSSR count). The fraction of sp³-hybridized carbons (Fsp3) is 0.625. The third kappa shape index (κ3) is 4.51. The first-order chi connectivity index (χ1) is 11.0. The molecule has 0 aromatic heterocycles. The van der Waals surface area contributed by atoms with Gasteiger partial charge >= 0.3 is 0 Å². The second kappa shape index (κ2) is 7.27. The molecule has 2 heterocycles. The molecule has 0 amide bonds. The van der Waals surface area contributed by atoms with Crippen molar-refractivity contribution >= 4 is 9.84 Å². The summed E-state index contributed by atoms with van der Waals surface area (Å²) in [5, 5.41) is 10.4. The largest absolute Gasteiger partial charge is 0.377 e. The first-order valence-corrected chi connectivity index (χ1v) is 10.0. The fourth-order valence-electron chi connectivity index (χ4n) is 3.14. The highest BCUT2D eigenvalue weighted by molar-refractivity contribution is 7.90. The van der Waals surface area contributed by atoms with Gasteiger partial charge in [0.1, 0.15) is 0 Å². The fourth-order valence-corrected chi connectivity index (χ4v) is 3.77. The predicted octanol–water partition coefficient (Wildman–Crippen LogP) is 0.766. The zero-order valence-electron chi connectivity index (χ0n) is 13.4. The molecule has 6 nitrogen and oxygen atoms in total. The van der Waals surface area contributed by atoms with Gasteiger partial charge in [-0.1, -0.05) is 12.1 Å². The highest BCUT2D eigenvalue weighted by Gasteiger charge is 2.24. The van der Waals surface area contributed by atoms with Gasteiger partial charge in [-0.3, -0.25) is 16.0 Å². The molecule has 0 spiro atoms. The molecule has 2 saturated heterocycles. The van der Waals surface area contributed by atoms with E-state index in [2.05, 4.69) is 16.0 Å². The van der Waals surface area contributed by atoms with Gasteiger partial charge in [-0.2, -0.15) is 0 Å². The molecule has 128 valence electrons. The molecule has 0 aliphatic carbocycles. The zero-order chi connectivity index (χ0) is 16.3. The molecule has 2 aliphatic heterocycles. The summed E-state index contributed by atoms with van der Waals surface area (Å²) in [6.45, 7) is 2.47. The Kier molecular flexibility index (Phi) is 5.33. The lowest BCUT2D eigenvalue weighted by molar-refractivity contribution is 0.103. The van der Waals surface area contributed by atoms with E-state index in [1.165, 1.54) is 6.26 Å². The van der Waals surface area contributed by atoms with Gasteiger partial charge < -0.3 is 4.74 Å². The van der Waals surface area contributed by atoms with Gasteiger partial charge in [0.15, 0.2) is 9.84 Å². The maximum absolute atomic E-state index is 11.5. The van der Waals surface area contributed by atoms with Crippen molar-refractivity contribution in [2.45, 2.75) is 42.5 Å². The van der Waals surface area contributed by atoms with Crippen molar-refractivity contribution in [3.63, 3.8) is 0 Å². The first-order valence-electron chi connectivity index (χ1n) is 8.14. The molecular weight excluding hydrogens is 314 g/mol. The zero-order valence-corrected chi connectivity index (χ0v) is 14.2. The molecular formula is C16H25N3O3S. The standard InChI is InChI=1S/C16H25N3O3S/c1-23(20,21)14-6-4-12(5-7-14)15-9-16(19-11-18-15)17-10-13-3-2-8-22-13/h4-7,13,15-19H,2-3,8-11H2,1H3. The van der Waals surface area contributed by atoms with Crippen molar-refractivity contribution in [2.75, 3.05) is 26.1 Å². The number of rotatable bonds is 5. The van der Waals surface area contributed by atoms with Crippen LogP contribution in [-0.2, 0) is 14.6 Å². The Morgan fingerprint density at radius 2 is 2.04 bits per heavy atom. The van der Waals surface area contributed by atoms with E-state index in [-0.39, 0.29) is 12.2 Å². The van der Waals surface area contributed by atoms with Crippen LogP contribution in [0.5, 0.6) is 0 Å². The molecule has 0 radical (unpaired) electrons. The quantitative estimate of drug-likeness (QED) is 0.735. The van der Waals surface area contributed by atoms with Crippen LogP contribution in [0.1, 0.15) is 30.9 Å². The Hall–Kier alpha value is -0.990. The van der Waals surface area contributed by atoms with Crippen molar-refractivity contribution in [3.05, 3.63) is 29.8 Å². The van der Waals surface area contributed by atoms with Crippen molar-refractivity contribution in [1.29, 1.82) is 0 Å². The van der Waals surface area contributed by atoms with E-state index < -0.39 is 9.84 Å². The van der Waals surface area contributed by atoms with Crippen LogP contribution < -0.4 is 16.0 Å². The maximum Gasteiger partial charge on any atom is 0.175 e. The van der Waals surface area contributed by atoms with Gasteiger partial charge in [-0.15, -0.1) is 0 Å². The smallest absolute Gasteiger partial charge is 0.175 e. The Morgan fingerprint density at radius 1 is 1.26 bits per heavy atom. The van der Waals surface area contributed by atoms with Gasteiger partial charge in [0.2, 0.25) is 0 Å². The minimum absolute atomic E-state index is 0.215. The van der Waals surface area contributed by atoms with E-state index in [0.29, 0.717) is 11.0 Å². The molecule has 0 bridgehead atoms. The van der Waals surface area contributed by atoms with Crippen molar-refractivity contribution in [2.24, 2.45) is 0 Å². The highest BCUT2D eigenvalue weighted by Crippen LogP contribution is 2.22. The third-order valence-corrected chi connectivity index (χ3v) is 5.62. The summed E-state index contributed by atoms with van der Waals surface area (Å²) in [7, 11) is -3.14. The van der Waals surface area contributed by atoms with Crippen LogP contribution in [0.15, 0.2) is 29.2 Å². The number of hydrogen-bond acceptors (Lipinski definition) is 6. The summed E-state index contributed by atoms with van der Waals surface area (Å²) in [6.07, 6.45) is 5.00. The maximum atomic E-state index is 11.5. The number of hydrogen-bond donors (Lipinski definition) is 3. The van der Waals surface area contributed by atoms with Crippen LogP contribution in [0.2, 0.25) is 0 Å². The molecule has 0 saturated carbocycles. The lowest BCUT2D eigenvalue weighted by Crippen LogP contribution is -2.54. The Morgan fingerprint density at radius 3 is 2.70 bits per heavy atom. The Balaban J connectivity index is 1.57. The normalized spacial score (nSPS) is 28.8. The Labute approximate surface area is 137 Å². The molecule has 23 heavy (non-hydrogen) atoms. The van der Waals surface area contributed by atoms with Crippen LogP contribution in [0.4, 0.5) is 0 Å². The molecule has 7 heteroatoms. The van der Waals surface area contributed by atoms with Gasteiger partial charge in [-0.05, 0) is 37.0 Å². The van der Waals surface area contributed by atoms with Crippen LogP contribution in [0, 0.1) is 0 Å². The average molecular weight is 339 g/mol. The molecule has 3 unspecified atom stereocenters. The minimum Gasteiger partial charge on any atom is -0.377 e. The van der Waals surface area contributed by atoms with Crippen LogP contribution in [0.25, 0.3) is 0 Å². The summed E-state index contributed by atoms with van der Waals surface area (Å²) in [6, 6.07) is 7.38. The second-order valence-corrected chi connectivity index (χ2v) is 8.33. The number of ether oxygens (including phenoxy) is 1. The molecule has 1 aromatic rings. The van der Waals surface area contributed by atoms with Gasteiger partial charge in [0.05, 0.1) is 17.2 Å². The molecule has 1 aromatic carbocycles. The number of benzene rings is 1. The topological polar surface area (TPSA) is 79.5 Å². The average Bonchev–Trinajstić information content (AvgIpc) is 3.06. The minimum atomic E-state index is -3.14. The molecule has 3 atom stereocenters. The summed E-state index contributed by atoms with van der Waals surface area (Å²) >= 11 is 0. The van der Waals surface area contributed by atoms with Crippen LogP contribution in [-0.4, -0.2) is 46.8 Å². The Bertz CT molecular complexity index is 612. The second-order valence-electron chi connectivity index (χ2n) is 6.31. The van der Waals surface area contributed by atoms with Gasteiger partial charge in [0, 0.05) is 32.1 Å². The SMILES string of the molecule is CS(=O)(=O)c1ccc(C2CC(NCC3CCCO3)NCN2)cc1. The van der Waals surface area contributed by atoms with Crippen molar-refractivity contribution in [1.82, 2.24) is 16.0 Å². The summed E-state index contributed by atoms with van der Waals surface area (Å²) < 4.78 is 28.7. The van der Waals surface area contributed by atoms with E-state index >= 15 is 0 Å². The van der Waals surface area contributed by atoms with Crippen molar-refractivity contribution < 1.29 is 13.2 Å². The predicted molar refractivity (Wildman–Crippen MR) is 88.8 cm³/mol. The molecule has 2 aliphatic rings. The van der Waals surface area contributed by atoms with E-state index in [1.54, 1.807) is 12.1 Å². The summed E-state index contributed by atoms with van der Waals surface area (Å²) in [4.78, 5) is 0.364. The third-order valence-electron chi connectivity index (χ3n) is 4.49. The van der Waals surface area contributed by atoms with E-state index in [1.807, 2.05) is 12.1 Å². The van der Waals surface area contributed by atoms with Gasteiger partial charge in [-0.25, -0.2) is 8.42 Å². The first kappa shape index (κ1) is 16.9. The van der Waals surface area contributed by atoms with E-state index in [4.69, 9.17) is 4.74 Å². The van der Waals surface area contributed by atoms with Crippen LogP contribution >= 0.6 is 0 Å². The number of nitrogens with one attached hydrogen (secondary N) is 3. The molecule has 3 N–H and O–H groups in total. The summed E-state index contributed by atoms with van der Waals surface area (Å²) in [5.74, 6) is 0. The number of sulfone groups is 1. The van der Waals surface area contributed by atoms with Gasteiger partial charge in [0.25, 0.3) is 0 Å². The lowest BCUT2D eigenvalue weighted by atomic mass is 10.0. The van der Waals surface area contributed by atoms with E-state index in [9.17, 15) is 8.42 Å². The lowest BCUT2D eigenvalue weighted by Gasteiger charge is -2.33.